The van der Waals surface area contributed by atoms with Crippen LogP contribution < -0.4 is 20.1 Å². The van der Waals surface area contributed by atoms with Crippen molar-refractivity contribution in [3.63, 3.8) is 0 Å². The van der Waals surface area contributed by atoms with Gasteiger partial charge < -0.3 is 24.7 Å². The first kappa shape index (κ1) is 22.9. The van der Waals surface area contributed by atoms with Gasteiger partial charge in [0.1, 0.15) is 0 Å². The summed E-state index contributed by atoms with van der Waals surface area (Å²) in [4.78, 5) is 24.9. The van der Waals surface area contributed by atoms with Crippen LogP contribution in [0.15, 0.2) is 47.6 Å². The molecule has 0 fully saturated rings. The number of nitrogens with one attached hydrogen (secondary N) is 2. The van der Waals surface area contributed by atoms with Gasteiger partial charge in [-0.3, -0.25) is 9.59 Å². The van der Waals surface area contributed by atoms with Gasteiger partial charge in [-0.15, -0.1) is 10.2 Å². The summed E-state index contributed by atoms with van der Waals surface area (Å²) in [5, 5.41) is 15.4. The summed E-state index contributed by atoms with van der Waals surface area (Å²) < 4.78 is 12.5. The molecule has 0 saturated carbocycles. The van der Waals surface area contributed by atoms with Crippen LogP contribution >= 0.6 is 23.4 Å². The number of halogens is 1. The molecule has 0 radical (unpaired) electrons. The maximum atomic E-state index is 12.5. The number of anilines is 1. The van der Waals surface area contributed by atoms with Crippen molar-refractivity contribution < 1.29 is 19.1 Å². The smallest absolute Gasteiger partial charge is 0.251 e. The molecule has 2 amide bonds. The molecule has 2 aromatic carbocycles. The van der Waals surface area contributed by atoms with E-state index in [1.54, 1.807) is 42.5 Å². The number of aromatic nitrogens is 3. The molecule has 0 bridgehead atoms. The minimum atomic E-state index is -0.377. The summed E-state index contributed by atoms with van der Waals surface area (Å²) in [5.41, 5.74) is 1.13. The van der Waals surface area contributed by atoms with Crippen molar-refractivity contribution in [3.05, 3.63) is 58.9 Å². The van der Waals surface area contributed by atoms with Crippen LogP contribution in [-0.2, 0) is 11.3 Å². The Kier molecular flexibility index (Phi) is 7.05. The molecule has 0 saturated heterocycles. The number of nitrogens with zero attached hydrogens (tertiary/aromatic N) is 3. The van der Waals surface area contributed by atoms with E-state index in [0.29, 0.717) is 45.3 Å². The Morgan fingerprint density at radius 3 is 2.67 bits per heavy atom. The first-order valence-electron chi connectivity index (χ1n) is 10.3. The zero-order valence-electron chi connectivity index (χ0n) is 18.0. The molecule has 0 aliphatic carbocycles. The Morgan fingerprint density at radius 1 is 1.15 bits per heavy atom. The first-order chi connectivity index (χ1) is 15.9. The second-order valence-electron chi connectivity index (χ2n) is 7.19. The Bertz CT molecular complexity index is 1170. The van der Waals surface area contributed by atoms with Crippen molar-refractivity contribution >= 4 is 40.9 Å². The van der Waals surface area contributed by atoms with Crippen LogP contribution in [0.5, 0.6) is 11.5 Å². The average Bonchev–Trinajstić information content (AvgIpc) is 3.44. The normalized spacial score (nSPS) is 12.9. The number of amides is 2. The topological polar surface area (TPSA) is 107 Å². The molecule has 0 spiro atoms. The average molecular weight is 488 g/mol. The lowest BCUT2D eigenvalue weighted by atomic mass is 10.2. The first-order valence-corrected chi connectivity index (χ1v) is 11.6. The molecule has 0 unspecified atom stereocenters. The van der Waals surface area contributed by atoms with E-state index in [2.05, 4.69) is 20.8 Å². The van der Waals surface area contributed by atoms with Gasteiger partial charge in [0.05, 0.1) is 11.8 Å². The number of rotatable bonds is 8. The zero-order valence-corrected chi connectivity index (χ0v) is 19.6. The summed E-state index contributed by atoms with van der Waals surface area (Å²) in [6, 6.07) is 11.5. The summed E-state index contributed by atoms with van der Waals surface area (Å²) in [6.07, 6.45) is 0. The zero-order chi connectivity index (χ0) is 23.4. The minimum Gasteiger partial charge on any atom is -0.454 e. The maximum Gasteiger partial charge on any atom is 0.251 e. The molecular weight excluding hydrogens is 466 g/mol. The van der Waals surface area contributed by atoms with Crippen molar-refractivity contribution in [1.29, 1.82) is 0 Å². The highest BCUT2D eigenvalue weighted by Crippen LogP contribution is 2.34. The van der Waals surface area contributed by atoms with Gasteiger partial charge in [0.15, 0.2) is 22.5 Å². The number of ether oxygens (including phenoxy) is 2. The Morgan fingerprint density at radius 2 is 1.91 bits per heavy atom. The summed E-state index contributed by atoms with van der Waals surface area (Å²) in [7, 11) is 0. The minimum absolute atomic E-state index is 0.151. The molecule has 1 aliphatic heterocycles. The van der Waals surface area contributed by atoms with Gasteiger partial charge in [0.2, 0.25) is 12.7 Å². The number of carbonyl (C=O) groups excluding carboxylic acids is 2. The molecule has 11 heteroatoms. The third-order valence-electron chi connectivity index (χ3n) is 4.89. The fourth-order valence-corrected chi connectivity index (χ4v) is 4.21. The van der Waals surface area contributed by atoms with Crippen molar-refractivity contribution in [3.8, 4) is 11.5 Å². The van der Waals surface area contributed by atoms with Crippen LogP contribution in [0.4, 0.5) is 5.69 Å². The van der Waals surface area contributed by atoms with E-state index >= 15 is 0 Å². The van der Waals surface area contributed by atoms with E-state index in [1.807, 2.05) is 18.4 Å². The second kappa shape index (κ2) is 10.1. The molecule has 1 atom stereocenters. The second-order valence-corrected chi connectivity index (χ2v) is 8.57. The highest BCUT2D eigenvalue weighted by atomic mass is 35.5. The fraction of sp³-hybridized carbons (Fsp3) is 0.273. The van der Waals surface area contributed by atoms with Crippen LogP contribution in [0.2, 0.25) is 5.02 Å². The summed E-state index contributed by atoms with van der Waals surface area (Å²) in [6.45, 7) is 4.56. The van der Waals surface area contributed by atoms with E-state index < -0.39 is 0 Å². The molecule has 2 N–H and O–H groups in total. The van der Waals surface area contributed by atoms with Crippen LogP contribution in [0.1, 0.15) is 36.1 Å². The molecule has 4 rings (SSSR count). The monoisotopic (exact) mass is 487 g/mol. The van der Waals surface area contributed by atoms with Crippen molar-refractivity contribution in [2.24, 2.45) is 0 Å². The van der Waals surface area contributed by atoms with E-state index in [4.69, 9.17) is 21.1 Å². The van der Waals surface area contributed by atoms with Gasteiger partial charge in [-0.25, -0.2) is 0 Å². The molecule has 1 aliphatic rings. The van der Waals surface area contributed by atoms with E-state index in [9.17, 15) is 9.59 Å². The van der Waals surface area contributed by atoms with Crippen molar-refractivity contribution in [1.82, 2.24) is 20.1 Å². The third kappa shape index (κ3) is 5.40. The Balaban J connectivity index is 1.36. The van der Waals surface area contributed by atoms with Crippen LogP contribution in [-0.4, -0.2) is 39.1 Å². The van der Waals surface area contributed by atoms with E-state index in [-0.39, 0.29) is 30.4 Å². The molecular formula is C22H22ClN5O4S. The quantitative estimate of drug-likeness (QED) is 0.464. The van der Waals surface area contributed by atoms with Crippen LogP contribution in [0.25, 0.3) is 0 Å². The highest BCUT2D eigenvalue weighted by Gasteiger charge is 2.20. The maximum absolute atomic E-state index is 12.5. The fourth-order valence-electron chi connectivity index (χ4n) is 3.27. The van der Waals surface area contributed by atoms with Crippen molar-refractivity contribution in [2.45, 2.75) is 31.6 Å². The lowest BCUT2D eigenvalue weighted by Crippen LogP contribution is -2.28. The SMILES string of the molecule is CCn1c(SCC(=O)Nc2ccc3c(c2)OCO3)nnc1[C@H](C)NC(=O)c1ccc(Cl)cc1. The molecule has 172 valence electrons. The molecule has 9 nitrogen and oxygen atoms in total. The lowest BCUT2D eigenvalue weighted by Gasteiger charge is -2.15. The predicted octanol–water partition coefficient (Wildman–Crippen LogP) is 3.90. The molecule has 2 heterocycles. The van der Waals surface area contributed by atoms with Gasteiger partial charge in [0.25, 0.3) is 5.91 Å². The van der Waals surface area contributed by atoms with Crippen LogP contribution in [0, 0.1) is 0 Å². The van der Waals surface area contributed by atoms with Crippen LogP contribution in [0.3, 0.4) is 0 Å². The van der Waals surface area contributed by atoms with Gasteiger partial charge in [-0.1, -0.05) is 23.4 Å². The number of fused-ring (bicyclic) bond motifs is 1. The Labute approximate surface area is 199 Å². The number of hydrogen-bond acceptors (Lipinski definition) is 7. The highest BCUT2D eigenvalue weighted by molar-refractivity contribution is 7.99. The predicted molar refractivity (Wildman–Crippen MR) is 125 cm³/mol. The van der Waals surface area contributed by atoms with Gasteiger partial charge in [-0.05, 0) is 50.2 Å². The standard InChI is InChI=1S/C22H22ClN5O4S/c1-3-28-20(13(2)24-21(30)14-4-6-15(23)7-5-14)26-27-22(28)33-11-19(29)25-16-8-9-17-18(10-16)32-12-31-17/h4-10,13H,3,11-12H2,1-2H3,(H,24,30)(H,25,29)/t13-/m0/s1. The van der Waals surface area contributed by atoms with E-state index in [1.165, 1.54) is 11.8 Å². The largest absolute Gasteiger partial charge is 0.454 e. The summed E-state index contributed by atoms with van der Waals surface area (Å²) >= 11 is 7.16. The summed E-state index contributed by atoms with van der Waals surface area (Å²) in [5.74, 6) is 1.60. The van der Waals surface area contributed by atoms with E-state index in [0.717, 1.165) is 0 Å². The molecule has 1 aromatic heterocycles. The van der Waals surface area contributed by atoms with Crippen molar-refractivity contribution in [2.75, 3.05) is 17.9 Å². The molecule has 3 aromatic rings. The van der Waals surface area contributed by atoms with Gasteiger partial charge >= 0.3 is 0 Å². The number of benzene rings is 2. The third-order valence-corrected chi connectivity index (χ3v) is 6.11. The number of carbonyl (C=O) groups is 2. The Hall–Kier alpha value is -3.24. The molecule has 33 heavy (non-hydrogen) atoms. The van der Waals surface area contributed by atoms with Gasteiger partial charge in [0, 0.05) is 28.9 Å². The van der Waals surface area contributed by atoms with Gasteiger partial charge in [-0.2, -0.15) is 0 Å². The number of thioether (sulfide) groups is 1. The lowest BCUT2D eigenvalue weighted by molar-refractivity contribution is -0.113. The number of hydrogen-bond donors (Lipinski definition) is 2.